The smallest absolute Gasteiger partial charge is 0.174 e. The predicted octanol–water partition coefficient (Wildman–Crippen LogP) is 2.33. The number of nitrogens with zero attached hydrogens (tertiary/aromatic N) is 4. The fourth-order valence-corrected chi connectivity index (χ4v) is 1.67. The lowest BCUT2D eigenvalue weighted by molar-refractivity contribution is 0.729. The Bertz CT molecular complexity index is 602. The van der Waals surface area contributed by atoms with Crippen LogP contribution >= 0.6 is 0 Å². The molecule has 3 aromatic rings. The Labute approximate surface area is 98.6 Å². The van der Waals surface area contributed by atoms with Crippen LogP contribution in [-0.4, -0.2) is 20.0 Å². The van der Waals surface area contributed by atoms with Gasteiger partial charge >= 0.3 is 0 Å². The zero-order chi connectivity index (χ0) is 11.5. The number of aromatic nitrogens is 4. The Kier molecular flexibility index (Phi) is 2.38. The van der Waals surface area contributed by atoms with E-state index in [1.54, 1.807) is 18.6 Å². The molecule has 2 aromatic heterocycles. The summed E-state index contributed by atoms with van der Waals surface area (Å²) in [5.41, 5.74) is 2.26. The second kappa shape index (κ2) is 4.17. The second-order valence-electron chi connectivity index (χ2n) is 3.59. The zero-order valence-corrected chi connectivity index (χ0v) is 9.06. The Morgan fingerprint density at radius 3 is 2.29 bits per heavy atom. The molecule has 0 unspecified atom stereocenters. The van der Waals surface area contributed by atoms with Gasteiger partial charge in [-0.25, -0.2) is 4.98 Å². The van der Waals surface area contributed by atoms with Gasteiger partial charge in [0.05, 0.1) is 12.4 Å². The SMILES string of the molecule is c1ccc(-c2ccnc(-n3nccn3)c2)cc1. The van der Waals surface area contributed by atoms with Crippen LogP contribution in [0.25, 0.3) is 16.9 Å². The summed E-state index contributed by atoms with van der Waals surface area (Å²) in [5, 5.41) is 8.13. The van der Waals surface area contributed by atoms with Gasteiger partial charge in [-0.1, -0.05) is 30.3 Å². The van der Waals surface area contributed by atoms with E-state index >= 15 is 0 Å². The lowest BCUT2D eigenvalue weighted by Gasteiger charge is -2.03. The first-order chi connectivity index (χ1) is 8.43. The molecule has 2 heterocycles. The summed E-state index contributed by atoms with van der Waals surface area (Å²) in [6, 6.07) is 14.1. The first kappa shape index (κ1) is 9.72. The van der Waals surface area contributed by atoms with Crippen LogP contribution in [0.15, 0.2) is 61.1 Å². The van der Waals surface area contributed by atoms with Crippen molar-refractivity contribution in [1.29, 1.82) is 0 Å². The molecule has 0 fully saturated rings. The van der Waals surface area contributed by atoms with E-state index in [1.807, 2.05) is 30.3 Å². The first-order valence-corrected chi connectivity index (χ1v) is 5.32. The van der Waals surface area contributed by atoms with Crippen LogP contribution in [0.3, 0.4) is 0 Å². The minimum atomic E-state index is 0.719. The average molecular weight is 222 g/mol. The van der Waals surface area contributed by atoms with Crippen LogP contribution in [0.5, 0.6) is 0 Å². The Morgan fingerprint density at radius 1 is 0.765 bits per heavy atom. The van der Waals surface area contributed by atoms with Crippen LogP contribution in [0.1, 0.15) is 0 Å². The summed E-state index contributed by atoms with van der Waals surface area (Å²) in [6.45, 7) is 0. The molecule has 0 aliphatic rings. The molecule has 0 aliphatic carbocycles. The van der Waals surface area contributed by atoms with Gasteiger partial charge in [0.2, 0.25) is 0 Å². The highest BCUT2D eigenvalue weighted by molar-refractivity contribution is 5.64. The standard InChI is InChI=1S/C13H10N4/c1-2-4-11(5-3-1)12-6-7-14-13(10-12)17-15-8-9-16-17/h1-10H. The van der Waals surface area contributed by atoms with Crippen molar-refractivity contribution >= 4 is 0 Å². The van der Waals surface area contributed by atoms with E-state index in [9.17, 15) is 0 Å². The van der Waals surface area contributed by atoms with Crippen LogP contribution < -0.4 is 0 Å². The fourth-order valence-electron chi connectivity index (χ4n) is 1.67. The third-order valence-electron chi connectivity index (χ3n) is 2.48. The molecular weight excluding hydrogens is 212 g/mol. The van der Waals surface area contributed by atoms with E-state index in [4.69, 9.17) is 0 Å². The Hall–Kier alpha value is -2.49. The zero-order valence-electron chi connectivity index (χ0n) is 9.06. The summed E-state index contributed by atoms with van der Waals surface area (Å²) < 4.78 is 0. The Morgan fingerprint density at radius 2 is 1.53 bits per heavy atom. The van der Waals surface area contributed by atoms with Gasteiger partial charge < -0.3 is 0 Å². The van der Waals surface area contributed by atoms with E-state index in [0.717, 1.165) is 16.9 Å². The topological polar surface area (TPSA) is 43.6 Å². The van der Waals surface area contributed by atoms with Gasteiger partial charge in [-0.2, -0.15) is 10.2 Å². The Balaban J connectivity index is 2.06. The minimum absolute atomic E-state index is 0.719. The highest BCUT2D eigenvalue weighted by Gasteiger charge is 2.02. The molecule has 4 nitrogen and oxygen atoms in total. The largest absolute Gasteiger partial charge is 0.236 e. The molecule has 82 valence electrons. The van der Waals surface area contributed by atoms with Crippen molar-refractivity contribution in [3.63, 3.8) is 0 Å². The quantitative estimate of drug-likeness (QED) is 0.668. The monoisotopic (exact) mass is 222 g/mol. The first-order valence-electron chi connectivity index (χ1n) is 5.32. The molecule has 0 N–H and O–H groups in total. The van der Waals surface area contributed by atoms with Gasteiger partial charge in [-0.15, -0.1) is 4.80 Å². The molecule has 4 heteroatoms. The number of hydrogen-bond donors (Lipinski definition) is 0. The fraction of sp³-hybridized carbons (Fsp3) is 0. The van der Waals surface area contributed by atoms with E-state index < -0.39 is 0 Å². The van der Waals surface area contributed by atoms with Crippen LogP contribution in [0, 0.1) is 0 Å². The number of rotatable bonds is 2. The van der Waals surface area contributed by atoms with Crippen LogP contribution in [0.2, 0.25) is 0 Å². The molecule has 17 heavy (non-hydrogen) atoms. The number of benzene rings is 1. The van der Waals surface area contributed by atoms with Crippen molar-refractivity contribution in [3.8, 4) is 16.9 Å². The summed E-state index contributed by atoms with van der Waals surface area (Å²) in [6.07, 6.45) is 5.04. The van der Waals surface area contributed by atoms with Crippen molar-refractivity contribution in [1.82, 2.24) is 20.0 Å². The molecule has 0 radical (unpaired) electrons. The number of hydrogen-bond acceptors (Lipinski definition) is 3. The molecule has 0 amide bonds. The summed E-state index contributed by atoms with van der Waals surface area (Å²) in [7, 11) is 0. The summed E-state index contributed by atoms with van der Waals surface area (Å²) >= 11 is 0. The van der Waals surface area contributed by atoms with Crippen molar-refractivity contribution < 1.29 is 0 Å². The van der Waals surface area contributed by atoms with Crippen molar-refractivity contribution in [2.75, 3.05) is 0 Å². The molecular formula is C13H10N4. The van der Waals surface area contributed by atoms with Crippen LogP contribution in [-0.2, 0) is 0 Å². The maximum Gasteiger partial charge on any atom is 0.174 e. The highest BCUT2D eigenvalue weighted by Crippen LogP contribution is 2.19. The van der Waals surface area contributed by atoms with Gasteiger partial charge in [0.15, 0.2) is 5.82 Å². The number of pyridine rings is 1. The minimum Gasteiger partial charge on any atom is -0.236 e. The normalized spacial score (nSPS) is 10.4. The molecule has 0 aliphatic heterocycles. The molecule has 1 aromatic carbocycles. The third kappa shape index (κ3) is 1.92. The maximum atomic E-state index is 4.25. The van der Waals surface area contributed by atoms with Gasteiger partial charge in [0.25, 0.3) is 0 Å². The van der Waals surface area contributed by atoms with Gasteiger partial charge in [0, 0.05) is 6.20 Å². The van der Waals surface area contributed by atoms with Crippen LogP contribution in [0.4, 0.5) is 0 Å². The van der Waals surface area contributed by atoms with E-state index in [0.29, 0.717) is 0 Å². The van der Waals surface area contributed by atoms with E-state index in [1.165, 1.54) is 4.80 Å². The summed E-state index contributed by atoms with van der Waals surface area (Å²) in [4.78, 5) is 5.75. The molecule has 0 bridgehead atoms. The molecule has 0 atom stereocenters. The van der Waals surface area contributed by atoms with Gasteiger partial charge in [-0.05, 0) is 23.3 Å². The molecule has 0 spiro atoms. The van der Waals surface area contributed by atoms with Crippen molar-refractivity contribution in [2.24, 2.45) is 0 Å². The van der Waals surface area contributed by atoms with E-state index in [2.05, 4.69) is 27.3 Å². The van der Waals surface area contributed by atoms with Gasteiger partial charge in [-0.3, -0.25) is 0 Å². The van der Waals surface area contributed by atoms with E-state index in [-0.39, 0.29) is 0 Å². The van der Waals surface area contributed by atoms with Gasteiger partial charge in [0.1, 0.15) is 0 Å². The third-order valence-corrected chi connectivity index (χ3v) is 2.48. The molecule has 0 saturated heterocycles. The lowest BCUT2D eigenvalue weighted by Crippen LogP contribution is -2.01. The predicted molar refractivity (Wildman–Crippen MR) is 64.6 cm³/mol. The summed E-state index contributed by atoms with van der Waals surface area (Å²) in [5.74, 6) is 0.719. The molecule has 0 saturated carbocycles. The van der Waals surface area contributed by atoms with Crippen molar-refractivity contribution in [3.05, 3.63) is 61.1 Å². The lowest BCUT2D eigenvalue weighted by atomic mass is 10.1. The second-order valence-corrected chi connectivity index (χ2v) is 3.59. The highest BCUT2D eigenvalue weighted by atomic mass is 15.5. The average Bonchev–Trinajstić information content (AvgIpc) is 2.94. The maximum absolute atomic E-state index is 4.25. The van der Waals surface area contributed by atoms with Crippen molar-refractivity contribution in [2.45, 2.75) is 0 Å². The molecule has 3 rings (SSSR count).